The van der Waals surface area contributed by atoms with E-state index < -0.39 is 10.0 Å². The highest BCUT2D eigenvalue weighted by atomic mass is 32.2. The normalized spacial score (nSPS) is 14.9. The van der Waals surface area contributed by atoms with Crippen LogP contribution in [0.1, 0.15) is 25.7 Å². The van der Waals surface area contributed by atoms with Crippen LogP contribution in [0.2, 0.25) is 0 Å². The van der Waals surface area contributed by atoms with Crippen molar-refractivity contribution in [1.82, 2.24) is 9.97 Å². The van der Waals surface area contributed by atoms with E-state index in [1.165, 1.54) is 0 Å². The Labute approximate surface area is 175 Å². The minimum atomic E-state index is -3.82. The van der Waals surface area contributed by atoms with Crippen LogP contribution < -0.4 is 10.0 Å². The van der Waals surface area contributed by atoms with E-state index in [1.807, 2.05) is 54.6 Å². The third kappa shape index (κ3) is 3.68. The van der Waals surface area contributed by atoms with E-state index >= 15 is 0 Å². The molecular weight excluding hydrogens is 396 g/mol. The second-order valence-electron chi connectivity index (χ2n) is 7.65. The number of fused-ring (bicyclic) bond motifs is 2. The minimum Gasteiger partial charge on any atom is -0.364 e. The molecule has 6 nitrogen and oxygen atoms in total. The molecule has 4 aromatic rings. The lowest BCUT2D eigenvalue weighted by Gasteiger charge is -2.17. The minimum absolute atomic E-state index is 0.197. The van der Waals surface area contributed by atoms with Gasteiger partial charge in [-0.1, -0.05) is 55.3 Å². The van der Waals surface area contributed by atoms with E-state index in [9.17, 15) is 8.42 Å². The quantitative estimate of drug-likeness (QED) is 0.480. The van der Waals surface area contributed by atoms with Gasteiger partial charge >= 0.3 is 0 Å². The molecule has 0 bridgehead atoms. The number of benzene rings is 3. The van der Waals surface area contributed by atoms with Gasteiger partial charge in [0, 0.05) is 6.04 Å². The largest absolute Gasteiger partial charge is 0.364 e. The van der Waals surface area contributed by atoms with Gasteiger partial charge in [-0.15, -0.1) is 0 Å². The van der Waals surface area contributed by atoms with Crippen molar-refractivity contribution < 1.29 is 8.42 Å². The summed E-state index contributed by atoms with van der Waals surface area (Å²) >= 11 is 0. The molecule has 1 saturated carbocycles. The van der Waals surface area contributed by atoms with Crippen molar-refractivity contribution in [2.24, 2.45) is 0 Å². The topological polar surface area (TPSA) is 84.0 Å². The first-order valence-corrected chi connectivity index (χ1v) is 11.6. The first-order valence-electron chi connectivity index (χ1n) is 10.1. The zero-order valence-electron chi connectivity index (χ0n) is 16.4. The van der Waals surface area contributed by atoms with E-state index in [-0.39, 0.29) is 16.8 Å². The van der Waals surface area contributed by atoms with Gasteiger partial charge in [-0.3, -0.25) is 4.72 Å². The summed E-state index contributed by atoms with van der Waals surface area (Å²) in [7, 11) is -3.82. The van der Waals surface area contributed by atoms with E-state index in [4.69, 9.17) is 0 Å². The molecule has 3 aromatic carbocycles. The average Bonchev–Trinajstić information content (AvgIpc) is 3.27. The highest BCUT2D eigenvalue weighted by Crippen LogP contribution is 2.29. The molecule has 0 radical (unpaired) electrons. The third-order valence-electron chi connectivity index (χ3n) is 5.53. The number of anilines is 2. The molecule has 0 unspecified atom stereocenters. The molecule has 0 aliphatic heterocycles. The molecule has 0 amide bonds. The van der Waals surface area contributed by atoms with Crippen molar-refractivity contribution in [2.75, 3.05) is 10.0 Å². The monoisotopic (exact) mass is 418 g/mol. The van der Waals surface area contributed by atoms with Crippen molar-refractivity contribution in [3.05, 3.63) is 66.7 Å². The summed E-state index contributed by atoms with van der Waals surface area (Å²) in [5.74, 6) is 0.707. The number of aromatic nitrogens is 2. The smallest absolute Gasteiger partial charge is 0.263 e. The molecule has 1 aliphatic rings. The number of hydrogen-bond donors (Lipinski definition) is 2. The molecule has 1 heterocycles. The maximum Gasteiger partial charge on any atom is 0.263 e. The zero-order chi connectivity index (χ0) is 20.6. The Bertz CT molecular complexity index is 1330. The lowest BCUT2D eigenvalue weighted by atomic mass is 10.1. The van der Waals surface area contributed by atoms with Gasteiger partial charge in [-0.05, 0) is 47.9 Å². The Kier molecular flexibility index (Phi) is 4.75. The number of para-hydroxylation sites is 2. The number of rotatable bonds is 5. The van der Waals surface area contributed by atoms with E-state index in [2.05, 4.69) is 20.0 Å². The molecule has 0 atom stereocenters. The van der Waals surface area contributed by atoms with Crippen LogP contribution in [-0.2, 0) is 10.0 Å². The number of sulfonamides is 1. The van der Waals surface area contributed by atoms with Crippen molar-refractivity contribution in [1.29, 1.82) is 0 Å². The first kappa shape index (κ1) is 18.8. The van der Waals surface area contributed by atoms with Crippen LogP contribution in [0, 0.1) is 0 Å². The van der Waals surface area contributed by atoms with Crippen molar-refractivity contribution >= 4 is 43.5 Å². The fraction of sp³-hybridized carbons (Fsp3) is 0.217. The van der Waals surface area contributed by atoms with Crippen LogP contribution >= 0.6 is 0 Å². The Morgan fingerprint density at radius 3 is 2.13 bits per heavy atom. The number of hydrogen-bond acceptors (Lipinski definition) is 5. The lowest BCUT2D eigenvalue weighted by molar-refractivity contribution is 0.601. The summed E-state index contributed by atoms with van der Waals surface area (Å²) in [4.78, 5) is 9.44. The average molecular weight is 419 g/mol. The Hall–Kier alpha value is -3.19. The van der Waals surface area contributed by atoms with Crippen molar-refractivity contribution in [2.45, 2.75) is 36.6 Å². The molecule has 0 spiro atoms. The molecule has 5 rings (SSSR count). The number of nitrogens with one attached hydrogen (secondary N) is 2. The van der Waals surface area contributed by atoms with Gasteiger partial charge in [0.1, 0.15) is 0 Å². The zero-order valence-corrected chi connectivity index (χ0v) is 17.2. The van der Waals surface area contributed by atoms with Crippen molar-refractivity contribution in [3.63, 3.8) is 0 Å². The second kappa shape index (κ2) is 7.57. The van der Waals surface area contributed by atoms with Crippen LogP contribution in [0.15, 0.2) is 71.6 Å². The fourth-order valence-electron chi connectivity index (χ4n) is 3.96. The van der Waals surface area contributed by atoms with Crippen LogP contribution in [-0.4, -0.2) is 24.4 Å². The highest BCUT2D eigenvalue weighted by Gasteiger charge is 2.22. The van der Waals surface area contributed by atoms with E-state index in [0.717, 1.165) is 42.0 Å². The van der Waals surface area contributed by atoms with Gasteiger partial charge in [0.15, 0.2) is 11.6 Å². The molecule has 0 saturated heterocycles. The summed E-state index contributed by atoms with van der Waals surface area (Å²) in [5, 5.41) is 5.27. The Morgan fingerprint density at radius 2 is 1.40 bits per heavy atom. The predicted molar refractivity (Wildman–Crippen MR) is 120 cm³/mol. The molecule has 1 aromatic heterocycles. The molecule has 2 N–H and O–H groups in total. The summed E-state index contributed by atoms with van der Waals surface area (Å²) in [6.07, 6.45) is 4.42. The third-order valence-corrected chi connectivity index (χ3v) is 6.87. The first-order chi connectivity index (χ1) is 14.6. The van der Waals surface area contributed by atoms with Gasteiger partial charge in [0.05, 0.1) is 15.9 Å². The van der Waals surface area contributed by atoms with Crippen molar-refractivity contribution in [3.8, 4) is 0 Å². The summed E-state index contributed by atoms with van der Waals surface area (Å²) in [6.45, 7) is 0. The van der Waals surface area contributed by atoms with Gasteiger partial charge in [-0.2, -0.15) is 0 Å². The SMILES string of the molecule is O=S(=O)(Nc1nc2ccccc2nc1NC1CCCC1)c1ccc2ccccc2c1. The van der Waals surface area contributed by atoms with Crippen LogP contribution in [0.5, 0.6) is 0 Å². The summed E-state index contributed by atoms with van der Waals surface area (Å²) in [6, 6.07) is 20.5. The van der Waals surface area contributed by atoms with E-state index in [0.29, 0.717) is 11.3 Å². The maximum atomic E-state index is 13.2. The number of nitrogens with zero attached hydrogens (tertiary/aromatic N) is 2. The highest BCUT2D eigenvalue weighted by molar-refractivity contribution is 7.92. The van der Waals surface area contributed by atoms with Crippen LogP contribution in [0.4, 0.5) is 11.6 Å². The van der Waals surface area contributed by atoms with Crippen LogP contribution in [0.3, 0.4) is 0 Å². The maximum absolute atomic E-state index is 13.2. The van der Waals surface area contributed by atoms with Gasteiger partial charge in [0.2, 0.25) is 0 Å². The Morgan fingerprint density at radius 1 is 0.767 bits per heavy atom. The molecule has 1 fully saturated rings. The molecular formula is C23H22N4O2S. The predicted octanol–water partition coefficient (Wildman–Crippen LogP) is 4.94. The van der Waals surface area contributed by atoms with Gasteiger partial charge in [0.25, 0.3) is 10.0 Å². The summed E-state index contributed by atoms with van der Waals surface area (Å²) in [5.41, 5.74) is 1.37. The lowest BCUT2D eigenvalue weighted by Crippen LogP contribution is -2.20. The molecule has 30 heavy (non-hydrogen) atoms. The second-order valence-corrected chi connectivity index (χ2v) is 9.33. The Balaban J connectivity index is 1.54. The molecule has 1 aliphatic carbocycles. The molecule has 152 valence electrons. The van der Waals surface area contributed by atoms with Crippen LogP contribution in [0.25, 0.3) is 21.8 Å². The fourth-order valence-corrected chi connectivity index (χ4v) is 5.00. The molecule has 7 heteroatoms. The summed E-state index contributed by atoms with van der Waals surface area (Å²) < 4.78 is 29.0. The van der Waals surface area contributed by atoms with E-state index in [1.54, 1.807) is 12.1 Å². The van der Waals surface area contributed by atoms with Gasteiger partial charge < -0.3 is 5.32 Å². The standard InChI is InChI=1S/C23H22N4O2S/c28-30(29,19-14-13-16-7-1-2-8-17(16)15-19)27-23-22(24-18-9-3-4-10-18)25-20-11-5-6-12-21(20)26-23/h1-2,5-8,11-15,18H,3-4,9-10H2,(H,24,25)(H,26,27). The van der Waals surface area contributed by atoms with Gasteiger partial charge in [-0.25, -0.2) is 18.4 Å².